The topological polar surface area (TPSA) is 60.0 Å². The summed E-state index contributed by atoms with van der Waals surface area (Å²) >= 11 is 1.16. The van der Waals surface area contributed by atoms with Gasteiger partial charge in [-0.15, -0.1) is 0 Å². The van der Waals surface area contributed by atoms with E-state index in [1.807, 2.05) is 0 Å². The van der Waals surface area contributed by atoms with Crippen molar-refractivity contribution < 1.29 is 23.4 Å². The Labute approximate surface area is 56.4 Å². The van der Waals surface area contributed by atoms with Crippen LogP contribution in [0.4, 0.5) is 0 Å². The van der Waals surface area contributed by atoms with Gasteiger partial charge >= 0.3 is 32.9 Å². The van der Waals surface area contributed by atoms with Crippen molar-refractivity contribution in [3.8, 4) is 10.4 Å². The van der Waals surface area contributed by atoms with Crippen LogP contribution in [-0.2, 0) is 0 Å². The van der Waals surface area contributed by atoms with Crippen LogP contribution in [0.3, 0.4) is 0 Å². The van der Waals surface area contributed by atoms with E-state index < -0.39 is 0 Å². The predicted octanol–water partition coefficient (Wildman–Crippen LogP) is -3.60. The van der Waals surface area contributed by atoms with Crippen LogP contribution in [0.1, 0.15) is 0 Å². The standard InChI is InChI=1S/C2H.ClH.2H2O.Sn/c1-2;;;;/h1H;1H;2*1H2;/q;;;;+3/p-3. The fourth-order valence-corrected chi connectivity index (χ4v) is 0. The van der Waals surface area contributed by atoms with Crippen molar-refractivity contribution in [2.24, 2.45) is 0 Å². The van der Waals surface area contributed by atoms with Gasteiger partial charge in [0.05, 0.1) is 0 Å². The van der Waals surface area contributed by atoms with E-state index in [1.165, 1.54) is 0 Å². The van der Waals surface area contributed by atoms with Crippen molar-refractivity contribution >= 4 is 22.5 Å². The number of terminal acetylenes is 1. The molecular weight excluding hydrogens is 210 g/mol. The molecule has 2 N–H and O–H groups in total. The average molecular weight is 213 g/mol. The van der Waals surface area contributed by atoms with Gasteiger partial charge in [0.2, 0.25) is 0 Å². The van der Waals surface area contributed by atoms with Gasteiger partial charge in [0.25, 0.3) is 0 Å². The zero-order chi connectivity index (χ0) is 2.71. The quantitative estimate of drug-likeness (QED) is 0.308. The van der Waals surface area contributed by atoms with Gasteiger partial charge in [-0.3, -0.25) is 0 Å². The molecule has 2 nitrogen and oxygen atoms in total. The van der Waals surface area contributed by atoms with Crippen molar-refractivity contribution in [1.82, 2.24) is 0 Å². The van der Waals surface area contributed by atoms with Gasteiger partial charge in [-0.1, -0.05) is 0 Å². The zero-order valence-electron chi connectivity index (χ0n) is 2.85. The van der Waals surface area contributed by atoms with Gasteiger partial charge in [-0.2, -0.15) is 0 Å². The fraction of sp³-hybridized carbons (Fsp3) is 0. The van der Waals surface area contributed by atoms with Gasteiger partial charge in [-0.25, -0.2) is 0 Å². The van der Waals surface area contributed by atoms with Crippen LogP contribution in [0.2, 0.25) is 0 Å². The van der Waals surface area contributed by atoms with Crippen molar-refractivity contribution in [2.45, 2.75) is 0 Å². The molecule has 0 aliphatic rings. The number of hydrogen-bond donors (Lipinski definition) is 0. The first kappa shape index (κ1) is 30.9. The molecule has 0 aliphatic carbocycles. The summed E-state index contributed by atoms with van der Waals surface area (Å²) in [5.74, 6) is 0. The number of hydrogen-bond acceptors (Lipinski definition) is 2. The smallest absolute Gasteiger partial charge is 0.870 e. The molecule has 0 amide bonds. The second kappa shape index (κ2) is 47.2. The van der Waals surface area contributed by atoms with Crippen molar-refractivity contribution in [1.29, 1.82) is 0 Å². The van der Waals surface area contributed by atoms with Crippen LogP contribution in [0.25, 0.3) is 0 Å². The molecule has 0 unspecified atom stereocenters. The maximum atomic E-state index is 4.64. The van der Waals surface area contributed by atoms with Crippen LogP contribution in [0.15, 0.2) is 0 Å². The van der Waals surface area contributed by atoms with E-state index in [0.717, 1.165) is 22.5 Å². The SMILES string of the molecule is C#[C][Sn+3].[Cl-].[OH-].[OH-]. The second-order valence-corrected chi connectivity index (χ2v) is 0.968. The Morgan fingerprint density at radius 3 is 1.33 bits per heavy atom. The maximum Gasteiger partial charge on any atom is -0.870 e. The van der Waals surface area contributed by atoms with Crippen LogP contribution in [-0.4, -0.2) is 33.5 Å². The molecule has 0 spiro atoms. The minimum Gasteiger partial charge on any atom is -1.00 e. The largest absolute Gasteiger partial charge is 1.00 e. The molecule has 34 valence electrons. The summed E-state index contributed by atoms with van der Waals surface area (Å²) in [6.45, 7) is 0. The predicted molar refractivity (Wildman–Crippen MR) is 18.5 cm³/mol. The van der Waals surface area contributed by atoms with Gasteiger partial charge < -0.3 is 23.4 Å². The molecule has 0 aromatic rings. The van der Waals surface area contributed by atoms with Crippen molar-refractivity contribution in [2.75, 3.05) is 0 Å². The first-order valence-corrected chi connectivity index (χ1v) is 1.97. The van der Waals surface area contributed by atoms with Gasteiger partial charge in [0.15, 0.2) is 0 Å². The number of rotatable bonds is 0. The van der Waals surface area contributed by atoms with E-state index in [0.29, 0.717) is 0 Å². The fourth-order valence-electron chi connectivity index (χ4n) is 0. The van der Waals surface area contributed by atoms with E-state index in [1.54, 1.807) is 0 Å². The minimum absolute atomic E-state index is 0. The van der Waals surface area contributed by atoms with E-state index >= 15 is 0 Å². The molecule has 0 saturated heterocycles. The Bertz CT molecular complexity index is 33.0. The van der Waals surface area contributed by atoms with Crippen LogP contribution < -0.4 is 12.4 Å². The first-order chi connectivity index (χ1) is 1.41. The van der Waals surface area contributed by atoms with Gasteiger partial charge in [-0.05, 0) is 0 Å². The third kappa shape index (κ3) is 180. The zero-order valence-corrected chi connectivity index (χ0v) is 6.46. The summed E-state index contributed by atoms with van der Waals surface area (Å²) in [6, 6.07) is 0. The summed E-state index contributed by atoms with van der Waals surface area (Å²) in [4.78, 5) is 0. The van der Waals surface area contributed by atoms with Crippen LogP contribution in [0.5, 0.6) is 0 Å². The molecule has 0 aliphatic heterocycles. The van der Waals surface area contributed by atoms with Crippen molar-refractivity contribution in [3.05, 3.63) is 0 Å². The molecule has 0 aromatic heterocycles. The molecule has 0 bridgehead atoms. The molecular formula is C2H3ClO2Sn. The summed E-state index contributed by atoms with van der Waals surface area (Å²) in [5, 5.41) is 0. The summed E-state index contributed by atoms with van der Waals surface area (Å²) < 4.78 is 2.34. The maximum absolute atomic E-state index is 4.64. The summed E-state index contributed by atoms with van der Waals surface area (Å²) in [6.07, 6.45) is 4.64. The molecule has 0 heterocycles. The molecule has 0 fully saturated rings. The normalized spacial score (nSPS) is 1.50. The third-order valence-corrected chi connectivity index (χ3v) is 0. The van der Waals surface area contributed by atoms with Crippen LogP contribution in [0, 0.1) is 10.4 Å². The Balaban J connectivity index is -0.00000000667. The first-order valence-electron chi connectivity index (χ1n) is 0.539. The molecule has 0 aromatic carbocycles. The Morgan fingerprint density at radius 1 is 1.33 bits per heavy atom. The molecule has 0 saturated carbocycles. The van der Waals surface area contributed by atoms with Gasteiger partial charge in [0.1, 0.15) is 0 Å². The van der Waals surface area contributed by atoms with E-state index in [2.05, 4.69) is 10.4 Å². The average Bonchev–Trinajstić information content (AvgIpc) is 0.918. The van der Waals surface area contributed by atoms with Crippen molar-refractivity contribution in [3.63, 3.8) is 0 Å². The van der Waals surface area contributed by atoms with E-state index in [-0.39, 0.29) is 23.4 Å². The molecule has 6 heavy (non-hydrogen) atoms. The van der Waals surface area contributed by atoms with Crippen LogP contribution >= 0.6 is 0 Å². The summed E-state index contributed by atoms with van der Waals surface area (Å²) in [7, 11) is 0. The van der Waals surface area contributed by atoms with E-state index in [9.17, 15) is 0 Å². The number of halogens is 1. The Kier molecular flexibility index (Phi) is 243. The molecule has 0 atom stereocenters. The molecule has 4 heteroatoms. The van der Waals surface area contributed by atoms with Gasteiger partial charge in [0, 0.05) is 0 Å². The van der Waals surface area contributed by atoms with E-state index in [4.69, 9.17) is 0 Å². The molecule has 0 rings (SSSR count). The minimum atomic E-state index is 0. The molecule has 0 radical (unpaired) electrons. The Hall–Kier alpha value is 0.569. The Morgan fingerprint density at radius 2 is 1.33 bits per heavy atom. The third-order valence-electron chi connectivity index (χ3n) is 0. The summed E-state index contributed by atoms with van der Waals surface area (Å²) in [5.41, 5.74) is 0. The second-order valence-electron chi connectivity index (χ2n) is 0.144. The monoisotopic (exact) mass is 214 g/mol.